The van der Waals surface area contributed by atoms with Gasteiger partial charge in [-0.1, -0.05) is 50.2 Å². The molecule has 1 saturated carbocycles. The van der Waals surface area contributed by atoms with Gasteiger partial charge in [0, 0.05) is 56.7 Å². The molecular weight excluding hydrogens is 530 g/mol. The summed E-state index contributed by atoms with van der Waals surface area (Å²) in [5, 5.41) is 4.55. The van der Waals surface area contributed by atoms with Crippen molar-refractivity contribution < 1.29 is 9.53 Å². The van der Waals surface area contributed by atoms with E-state index in [4.69, 9.17) is 26.9 Å². The number of anilines is 1. The molecule has 4 rings (SSSR count). The lowest BCUT2D eigenvalue weighted by atomic mass is 9.71. The summed E-state index contributed by atoms with van der Waals surface area (Å²) in [5.74, 6) is 0.453. The molecule has 39 heavy (non-hydrogen) atoms. The number of hydrogen-bond acceptors (Lipinski definition) is 6. The minimum atomic E-state index is -1.26. The number of hydrogen-bond donors (Lipinski definition) is 0. The predicted molar refractivity (Wildman–Crippen MR) is 162 cm³/mol. The maximum absolute atomic E-state index is 14.1. The highest BCUT2D eigenvalue weighted by Gasteiger charge is 2.40. The van der Waals surface area contributed by atoms with Crippen LogP contribution < -0.4 is 4.90 Å². The zero-order valence-electron chi connectivity index (χ0n) is 24.4. The molecule has 9 nitrogen and oxygen atoms in total. The minimum Gasteiger partial charge on any atom is -0.365 e. The van der Waals surface area contributed by atoms with Gasteiger partial charge in [-0.05, 0) is 62.9 Å². The Morgan fingerprint density at radius 2 is 2.00 bits per heavy atom. The molecule has 2 fully saturated rings. The highest BCUT2D eigenvalue weighted by Crippen LogP contribution is 2.41. The Bertz CT molecular complexity index is 1230. The average molecular weight is 574 g/mol. The lowest BCUT2D eigenvalue weighted by Gasteiger charge is -2.41. The number of ketones is 1. The fraction of sp³-hybridized carbons (Fsp3) is 0.714. The molecule has 214 valence electrons. The fourth-order valence-electron chi connectivity index (χ4n) is 5.80. The number of piperazine rings is 1. The number of aromatic nitrogens is 2. The van der Waals surface area contributed by atoms with E-state index in [9.17, 15) is 4.79 Å². The zero-order valence-corrected chi connectivity index (χ0v) is 26.2. The Morgan fingerprint density at radius 3 is 2.62 bits per heavy atom. The summed E-state index contributed by atoms with van der Waals surface area (Å²) in [7, 11) is -1.26. The molecule has 1 aromatic heterocycles. The van der Waals surface area contributed by atoms with Crippen molar-refractivity contribution in [2.24, 2.45) is 10.5 Å². The van der Waals surface area contributed by atoms with E-state index in [0.717, 1.165) is 43.4 Å². The summed E-state index contributed by atoms with van der Waals surface area (Å²) < 4.78 is 8.14. The van der Waals surface area contributed by atoms with Crippen LogP contribution in [0.25, 0.3) is 21.5 Å². The second-order valence-electron chi connectivity index (χ2n) is 12.8. The standard InChI is InChI=1S/C28H44ClN7O2Si/c1-7-34-12-13-35(20(2)18-34)24-17-25-23(16-22(24)29)31-27(36(25)19-38-14-15-39(4,5)6)26(37)28(3)10-8-21(9-11-28)32-33-30/h16-17,20-21H,7-15,18-19H2,1-6H3. The third-order valence-electron chi connectivity index (χ3n) is 8.53. The molecule has 0 bridgehead atoms. The smallest absolute Gasteiger partial charge is 0.204 e. The Kier molecular flexibility index (Phi) is 9.33. The van der Waals surface area contributed by atoms with E-state index in [2.05, 4.69) is 59.4 Å². The third kappa shape index (κ3) is 6.80. The van der Waals surface area contributed by atoms with E-state index < -0.39 is 13.5 Å². The van der Waals surface area contributed by atoms with Crippen molar-refractivity contribution in [3.05, 3.63) is 33.4 Å². The second-order valence-corrected chi connectivity index (χ2v) is 18.8. The first-order valence-corrected chi connectivity index (χ1v) is 18.4. The number of ether oxygens (including phenoxy) is 1. The number of fused-ring (bicyclic) bond motifs is 1. The number of azide groups is 1. The van der Waals surface area contributed by atoms with Crippen molar-refractivity contribution in [3.8, 4) is 0 Å². The molecule has 2 aliphatic rings. The van der Waals surface area contributed by atoms with E-state index in [1.165, 1.54) is 0 Å². The van der Waals surface area contributed by atoms with Crippen LogP contribution in [0.15, 0.2) is 17.2 Å². The number of halogens is 1. The number of imidazole rings is 1. The largest absolute Gasteiger partial charge is 0.365 e. The number of carbonyl (C=O) groups is 1. The van der Waals surface area contributed by atoms with E-state index in [1.807, 2.05) is 17.6 Å². The number of Topliss-reactive ketones (excluding diaryl/α,β-unsaturated/α-hetero) is 1. The first-order valence-electron chi connectivity index (χ1n) is 14.3. The van der Waals surface area contributed by atoms with Crippen LogP contribution in [-0.2, 0) is 11.5 Å². The van der Waals surface area contributed by atoms with E-state index >= 15 is 0 Å². The van der Waals surface area contributed by atoms with Gasteiger partial charge in [0.2, 0.25) is 5.78 Å². The Labute approximate surface area is 238 Å². The quantitative estimate of drug-likeness (QED) is 0.0762. The van der Waals surface area contributed by atoms with Crippen LogP contribution in [0.2, 0.25) is 30.7 Å². The second kappa shape index (κ2) is 12.2. The van der Waals surface area contributed by atoms with Gasteiger partial charge in [0.15, 0.2) is 5.82 Å². The topological polar surface area (TPSA) is 99.4 Å². The molecule has 0 spiro atoms. The maximum atomic E-state index is 14.1. The van der Waals surface area contributed by atoms with Gasteiger partial charge in [-0.25, -0.2) is 4.98 Å². The van der Waals surface area contributed by atoms with Gasteiger partial charge in [0.05, 0.1) is 21.7 Å². The number of likely N-dealkylation sites (N-methyl/N-ethyl adjacent to an activating group) is 1. The molecule has 2 aromatic rings. The molecule has 0 amide bonds. The Morgan fingerprint density at radius 1 is 1.28 bits per heavy atom. The molecule has 1 aromatic carbocycles. The molecule has 1 unspecified atom stereocenters. The number of benzene rings is 1. The molecule has 1 atom stereocenters. The van der Waals surface area contributed by atoms with Crippen LogP contribution in [0.3, 0.4) is 0 Å². The van der Waals surface area contributed by atoms with Gasteiger partial charge in [0.25, 0.3) is 0 Å². The number of carbonyl (C=O) groups excluding carboxylic acids is 1. The van der Waals surface area contributed by atoms with Gasteiger partial charge < -0.3 is 9.64 Å². The van der Waals surface area contributed by atoms with Crippen LogP contribution in [0.5, 0.6) is 0 Å². The molecule has 0 radical (unpaired) electrons. The Hall–Kier alpha value is -2.10. The average Bonchev–Trinajstić information content (AvgIpc) is 3.23. The van der Waals surface area contributed by atoms with Gasteiger partial charge in [-0.2, -0.15) is 0 Å². The number of rotatable bonds is 10. The maximum Gasteiger partial charge on any atom is 0.204 e. The van der Waals surface area contributed by atoms with Crippen LogP contribution in [0, 0.1) is 5.41 Å². The van der Waals surface area contributed by atoms with E-state index in [0.29, 0.717) is 54.7 Å². The normalized spacial score (nSPS) is 24.6. The first kappa shape index (κ1) is 29.9. The van der Waals surface area contributed by atoms with Crippen LogP contribution in [-0.4, -0.2) is 73.2 Å². The highest BCUT2D eigenvalue weighted by atomic mass is 35.5. The molecule has 1 aliphatic carbocycles. The van der Waals surface area contributed by atoms with Gasteiger partial charge in [-0.3, -0.25) is 14.3 Å². The van der Waals surface area contributed by atoms with Crippen molar-refractivity contribution in [2.45, 2.75) is 91.0 Å². The summed E-state index contributed by atoms with van der Waals surface area (Å²) in [5.41, 5.74) is 10.9. The van der Waals surface area contributed by atoms with Crippen molar-refractivity contribution in [1.29, 1.82) is 0 Å². The van der Waals surface area contributed by atoms with Crippen molar-refractivity contribution in [3.63, 3.8) is 0 Å². The Balaban J connectivity index is 1.69. The van der Waals surface area contributed by atoms with Crippen molar-refractivity contribution >= 4 is 42.2 Å². The third-order valence-corrected chi connectivity index (χ3v) is 10.5. The summed E-state index contributed by atoms with van der Waals surface area (Å²) >= 11 is 6.86. The zero-order chi connectivity index (χ0) is 28.4. The van der Waals surface area contributed by atoms with E-state index in [-0.39, 0.29) is 18.6 Å². The van der Waals surface area contributed by atoms with Gasteiger partial charge in [-0.15, -0.1) is 0 Å². The monoisotopic (exact) mass is 573 g/mol. The SMILES string of the molecule is CCN1CCN(c2cc3c(cc2Cl)nc(C(=O)C2(C)CCC(N=[N+]=[N-])CC2)n3COCC[Si](C)(C)C)C(C)C1. The summed E-state index contributed by atoms with van der Waals surface area (Å²) in [6, 6.07) is 5.34. The fourth-order valence-corrected chi connectivity index (χ4v) is 6.82. The molecule has 1 aliphatic heterocycles. The predicted octanol–water partition coefficient (Wildman–Crippen LogP) is 6.97. The lowest BCUT2D eigenvalue weighted by molar-refractivity contribution is 0.0661. The minimum absolute atomic E-state index is 0.0227. The lowest BCUT2D eigenvalue weighted by Crippen LogP contribution is -2.51. The van der Waals surface area contributed by atoms with Crippen LogP contribution >= 0.6 is 11.6 Å². The summed E-state index contributed by atoms with van der Waals surface area (Å²) in [4.78, 5) is 26.7. The highest BCUT2D eigenvalue weighted by molar-refractivity contribution is 6.76. The molecule has 1 saturated heterocycles. The van der Waals surface area contributed by atoms with Crippen molar-refractivity contribution in [1.82, 2.24) is 14.5 Å². The summed E-state index contributed by atoms with van der Waals surface area (Å²) in [6.45, 7) is 18.3. The van der Waals surface area contributed by atoms with E-state index in [1.54, 1.807) is 0 Å². The van der Waals surface area contributed by atoms with Gasteiger partial charge >= 0.3 is 0 Å². The molecule has 2 heterocycles. The number of nitrogens with zero attached hydrogens (tertiary/aromatic N) is 7. The molecular formula is C28H44ClN7O2Si. The van der Waals surface area contributed by atoms with Crippen LogP contribution in [0.4, 0.5) is 5.69 Å². The van der Waals surface area contributed by atoms with Crippen LogP contribution in [0.1, 0.15) is 57.1 Å². The molecule has 11 heteroatoms. The molecule has 0 N–H and O–H groups in total. The van der Waals surface area contributed by atoms with Gasteiger partial charge in [0.1, 0.15) is 6.73 Å². The first-order chi connectivity index (χ1) is 18.5. The van der Waals surface area contributed by atoms with Crippen molar-refractivity contribution in [2.75, 3.05) is 37.7 Å². The summed E-state index contributed by atoms with van der Waals surface area (Å²) in [6.07, 6.45) is 2.74.